The van der Waals surface area contributed by atoms with Crippen molar-refractivity contribution >= 4 is 28.9 Å². The molecule has 192 valence electrons. The first kappa shape index (κ1) is 29.9. The summed E-state index contributed by atoms with van der Waals surface area (Å²) in [5.41, 5.74) is 1.64. The summed E-state index contributed by atoms with van der Waals surface area (Å²) in [4.78, 5) is 33.9. The van der Waals surface area contributed by atoms with Gasteiger partial charge in [0.2, 0.25) is 5.28 Å². The Balaban J connectivity index is 0.000000271. The molecular weight excluding hydrogens is 488 g/mol. The summed E-state index contributed by atoms with van der Waals surface area (Å²) in [5, 5.41) is 0.202. The smallest absolute Gasteiger partial charge is 0.316 e. The number of methoxy groups -OCH3 is 2. The van der Waals surface area contributed by atoms with E-state index in [-0.39, 0.29) is 17.1 Å². The minimum Gasteiger partial charge on any atom is -0.492 e. The molecule has 3 heterocycles. The summed E-state index contributed by atoms with van der Waals surface area (Å²) in [5.74, 6) is 0.954. The van der Waals surface area contributed by atoms with E-state index in [0.717, 1.165) is 0 Å². The molecule has 0 aromatic carbocycles. The second-order valence-corrected chi connectivity index (χ2v) is 6.67. The Morgan fingerprint density at radius 1 is 0.778 bits per heavy atom. The molecule has 3 aromatic rings. The fraction of sp³-hybridized carbons (Fsp3) is 0.292. The molecule has 11 nitrogen and oxygen atoms in total. The summed E-state index contributed by atoms with van der Waals surface area (Å²) in [7, 11) is 2.97. The summed E-state index contributed by atoms with van der Waals surface area (Å²) >= 11 is 5.57. The summed E-state index contributed by atoms with van der Waals surface area (Å²) in [6, 6.07) is 5.51. The van der Waals surface area contributed by atoms with Crippen molar-refractivity contribution < 1.29 is 23.7 Å². The van der Waals surface area contributed by atoms with E-state index in [1.165, 1.54) is 27.3 Å². The molecule has 0 bridgehead atoms. The van der Waals surface area contributed by atoms with Gasteiger partial charge in [0, 0.05) is 25.5 Å². The molecule has 0 spiro atoms. The van der Waals surface area contributed by atoms with Crippen LogP contribution in [-0.2, 0) is 9.47 Å². The van der Waals surface area contributed by atoms with Crippen molar-refractivity contribution in [2.75, 3.05) is 27.4 Å². The first-order valence-electron chi connectivity index (χ1n) is 10.6. The van der Waals surface area contributed by atoms with Crippen LogP contribution in [-0.4, -0.2) is 63.1 Å². The number of hydrogen-bond donors (Lipinski definition) is 0. The molecule has 0 fully saturated rings. The molecule has 0 aliphatic heterocycles. The molecule has 12 heteroatoms. The van der Waals surface area contributed by atoms with E-state index in [0.29, 0.717) is 47.8 Å². The third-order valence-corrected chi connectivity index (χ3v) is 4.01. The highest BCUT2D eigenvalue weighted by Crippen LogP contribution is 2.13. The van der Waals surface area contributed by atoms with E-state index in [1.807, 2.05) is 13.8 Å². The third-order valence-electron chi connectivity index (χ3n) is 3.83. The Bertz CT molecular complexity index is 1150. The Hall–Kier alpha value is -4.12. The first-order chi connectivity index (χ1) is 17.2. The number of nitrogens with zero attached hydrogens (tertiary/aromatic N) is 6. The average Bonchev–Trinajstić information content (AvgIpc) is 2.89. The number of hydrogen-bond acceptors (Lipinski definition) is 11. The lowest BCUT2D eigenvalue weighted by atomic mass is 10.3. The Kier molecular flexibility index (Phi) is 13.7. The van der Waals surface area contributed by atoms with E-state index in [2.05, 4.69) is 43.1 Å². The van der Waals surface area contributed by atoms with Crippen molar-refractivity contribution in [2.24, 2.45) is 0 Å². The number of aromatic nitrogens is 6. The third kappa shape index (κ3) is 10.9. The predicted molar refractivity (Wildman–Crippen MR) is 136 cm³/mol. The standard InChI is InChI=1S/C9H12N2O2.C8H9ClN2O.C7H8N2O2/c1-4-13-7(2)8-5-6-10-9(11-8)12-3;1-3-12-6(2)7-4-5-10-8(9)11-7;1-5(10)6-3-4-8-7(9-6)11-2/h5-6H,2,4H2,1,3H3;4-5H,2-3H2,1H3;3-4H,1-2H3. The molecule has 0 N–H and O–H groups in total. The Labute approximate surface area is 215 Å². The molecule has 0 atom stereocenters. The van der Waals surface area contributed by atoms with Crippen molar-refractivity contribution in [1.82, 2.24) is 29.9 Å². The van der Waals surface area contributed by atoms with Crippen LogP contribution in [0.4, 0.5) is 0 Å². The van der Waals surface area contributed by atoms with Crippen molar-refractivity contribution in [2.45, 2.75) is 20.8 Å². The molecule has 3 aromatic heterocycles. The molecule has 0 radical (unpaired) electrons. The van der Waals surface area contributed by atoms with Gasteiger partial charge in [-0.3, -0.25) is 4.79 Å². The second-order valence-electron chi connectivity index (χ2n) is 6.34. The van der Waals surface area contributed by atoms with E-state index < -0.39 is 0 Å². The van der Waals surface area contributed by atoms with E-state index >= 15 is 0 Å². The molecule has 0 saturated heterocycles. The summed E-state index contributed by atoms with van der Waals surface area (Å²) in [6.07, 6.45) is 4.66. The number of Topliss-reactive ketones (excluding diaryl/α,β-unsaturated/α-hetero) is 1. The molecule has 0 aliphatic rings. The highest BCUT2D eigenvalue weighted by Gasteiger charge is 2.03. The molecule has 0 aliphatic carbocycles. The second kappa shape index (κ2) is 16.5. The molecule has 0 amide bonds. The highest BCUT2D eigenvalue weighted by molar-refractivity contribution is 6.28. The van der Waals surface area contributed by atoms with Gasteiger partial charge in [0.05, 0.1) is 27.4 Å². The van der Waals surface area contributed by atoms with Gasteiger partial charge in [-0.1, -0.05) is 13.2 Å². The Morgan fingerprint density at radius 2 is 1.19 bits per heavy atom. The van der Waals surface area contributed by atoms with Crippen molar-refractivity contribution in [3.8, 4) is 12.0 Å². The predicted octanol–water partition coefficient (Wildman–Crippen LogP) is 4.32. The molecular formula is C24H29ClN6O5. The van der Waals surface area contributed by atoms with E-state index in [4.69, 9.17) is 30.5 Å². The zero-order chi connectivity index (χ0) is 26.9. The lowest BCUT2D eigenvalue weighted by molar-refractivity contribution is 0.101. The van der Waals surface area contributed by atoms with Crippen molar-refractivity contribution in [3.63, 3.8) is 0 Å². The lowest BCUT2D eigenvalue weighted by Crippen LogP contribution is -1.99. The van der Waals surface area contributed by atoms with Crippen LogP contribution in [0.2, 0.25) is 5.28 Å². The van der Waals surface area contributed by atoms with Gasteiger partial charge in [-0.2, -0.15) is 9.97 Å². The first-order valence-corrected chi connectivity index (χ1v) is 11.0. The number of carbonyl (C=O) groups is 1. The van der Waals surface area contributed by atoms with Gasteiger partial charge in [0.1, 0.15) is 28.6 Å². The van der Waals surface area contributed by atoms with Gasteiger partial charge in [-0.05, 0) is 43.6 Å². The molecule has 3 rings (SSSR count). The maximum atomic E-state index is 10.8. The Morgan fingerprint density at radius 3 is 1.61 bits per heavy atom. The largest absolute Gasteiger partial charge is 0.492 e. The maximum Gasteiger partial charge on any atom is 0.316 e. The minimum absolute atomic E-state index is 0.0919. The lowest BCUT2D eigenvalue weighted by Gasteiger charge is -2.05. The van der Waals surface area contributed by atoms with Gasteiger partial charge in [0.25, 0.3) is 0 Å². The van der Waals surface area contributed by atoms with Gasteiger partial charge >= 0.3 is 12.0 Å². The van der Waals surface area contributed by atoms with Gasteiger partial charge in [-0.15, -0.1) is 0 Å². The number of ketones is 1. The maximum absolute atomic E-state index is 10.8. The van der Waals surface area contributed by atoms with Crippen LogP contribution in [0.1, 0.15) is 42.6 Å². The number of ether oxygens (including phenoxy) is 4. The van der Waals surface area contributed by atoms with Crippen molar-refractivity contribution in [3.05, 3.63) is 72.3 Å². The molecule has 0 saturated carbocycles. The van der Waals surface area contributed by atoms with Crippen molar-refractivity contribution in [1.29, 1.82) is 0 Å². The fourth-order valence-electron chi connectivity index (χ4n) is 2.22. The van der Waals surface area contributed by atoms with E-state index in [1.54, 1.807) is 30.6 Å². The fourth-order valence-corrected chi connectivity index (χ4v) is 2.36. The molecule has 36 heavy (non-hydrogen) atoms. The van der Waals surface area contributed by atoms with Crippen LogP contribution in [0.15, 0.2) is 49.9 Å². The number of rotatable bonds is 9. The normalized spacial score (nSPS) is 9.39. The number of carbonyl (C=O) groups excluding carboxylic acids is 1. The summed E-state index contributed by atoms with van der Waals surface area (Å²) in [6.45, 7) is 13.8. The topological polar surface area (TPSA) is 131 Å². The number of halogens is 1. The van der Waals surface area contributed by atoms with Crippen LogP contribution in [0.3, 0.4) is 0 Å². The zero-order valence-corrected chi connectivity index (χ0v) is 21.7. The monoisotopic (exact) mass is 516 g/mol. The average molecular weight is 517 g/mol. The van der Waals surface area contributed by atoms with Crippen LogP contribution in [0, 0.1) is 0 Å². The summed E-state index contributed by atoms with van der Waals surface area (Å²) < 4.78 is 19.9. The van der Waals surface area contributed by atoms with Gasteiger partial charge in [-0.25, -0.2) is 19.9 Å². The van der Waals surface area contributed by atoms with Gasteiger partial charge in [0.15, 0.2) is 5.78 Å². The van der Waals surface area contributed by atoms with Crippen LogP contribution in [0.5, 0.6) is 12.0 Å². The SMILES string of the molecule is C=C(OCC)c1ccnc(Cl)n1.C=C(OCC)c1ccnc(OC)n1.COc1nccc(C(C)=O)n1. The van der Waals surface area contributed by atoms with E-state index in [9.17, 15) is 4.79 Å². The zero-order valence-electron chi connectivity index (χ0n) is 20.9. The highest BCUT2D eigenvalue weighted by atomic mass is 35.5. The van der Waals surface area contributed by atoms with Gasteiger partial charge < -0.3 is 18.9 Å². The molecule has 0 unspecified atom stereocenters. The van der Waals surface area contributed by atoms with Crippen LogP contribution in [0.25, 0.3) is 11.5 Å². The minimum atomic E-state index is -0.0919. The quantitative estimate of drug-likeness (QED) is 0.229. The van der Waals surface area contributed by atoms with Crippen LogP contribution >= 0.6 is 11.6 Å². The van der Waals surface area contributed by atoms with Crippen LogP contribution < -0.4 is 9.47 Å².